The van der Waals surface area contributed by atoms with E-state index in [0.29, 0.717) is 18.0 Å². The summed E-state index contributed by atoms with van der Waals surface area (Å²) < 4.78 is 0. The number of aromatic nitrogens is 1. The predicted octanol–water partition coefficient (Wildman–Crippen LogP) is 2.27. The number of nitrogens with one attached hydrogen (secondary N) is 1. The molecule has 1 aliphatic rings. The second kappa shape index (κ2) is 5.46. The van der Waals surface area contributed by atoms with Crippen LogP contribution in [0.5, 0.6) is 0 Å². The highest BCUT2D eigenvalue weighted by Gasteiger charge is 2.26. The summed E-state index contributed by atoms with van der Waals surface area (Å²) in [7, 11) is 0. The van der Waals surface area contributed by atoms with Crippen molar-refractivity contribution in [2.24, 2.45) is 5.92 Å². The van der Waals surface area contributed by atoms with Crippen molar-refractivity contribution in [3.05, 3.63) is 16.1 Å². The van der Waals surface area contributed by atoms with E-state index in [2.05, 4.69) is 48.3 Å². The molecule has 0 bridgehead atoms. The van der Waals surface area contributed by atoms with Gasteiger partial charge in [0.2, 0.25) is 0 Å². The third-order valence-electron chi connectivity index (χ3n) is 3.57. The highest BCUT2D eigenvalue weighted by Crippen LogP contribution is 2.17. The van der Waals surface area contributed by atoms with Crippen LogP contribution in [0.2, 0.25) is 0 Å². The van der Waals surface area contributed by atoms with Gasteiger partial charge in [-0.15, -0.1) is 11.3 Å². The maximum atomic E-state index is 4.57. The van der Waals surface area contributed by atoms with Crippen LogP contribution in [0.15, 0.2) is 5.38 Å². The van der Waals surface area contributed by atoms with E-state index in [-0.39, 0.29) is 0 Å². The summed E-state index contributed by atoms with van der Waals surface area (Å²) in [6, 6.07) is 1.22. The smallest absolute Gasteiger partial charge is 0.0897 e. The van der Waals surface area contributed by atoms with Crippen molar-refractivity contribution >= 4 is 11.3 Å². The second-order valence-electron chi connectivity index (χ2n) is 5.40. The average Bonchev–Trinajstić information content (AvgIpc) is 2.67. The monoisotopic (exact) mass is 253 g/mol. The lowest BCUT2D eigenvalue weighted by Gasteiger charge is -2.40. The van der Waals surface area contributed by atoms with Gasteiger partial charge in [0, 0.05) is 37.1 Å². The molecular formula is C13H23N3S. The van der Waals surface area contributed by atoms with E-state index >= 15 is 0 Å². The largest absolute Gasteiger partial charge is 0.311 e. The van der Waals surface area contributed by atoms with Gasteiger partial charge < -0.3 is 5.32 Å². The van der Waals surface area contributed by atoms with Gasteiger partial charge >= 0.3 is 0 Å². The first-order valence-corrected chi connectivity index (χ1v) is 7.32. The van der Waals surface area contributed by atoms with Gasteiger partial charge in [0.05, 0.1) is 10.7 Å². The van der Waals surface area contributed by atoms with Crippen molar-refractivity contribution in [1.29, 1.82) is 0 Å². The van der Waals surface area contributed by atoms with Crippen LogP contribution in [-0.2, 0) is 6.54 Å². The Morgan fingerprint density at radius 1 is 1.59 bits per heavy atom. The van der Waals surface area contributed by atoms with Gasteiger partial charge in [-0.05, 0) is 19.8 Å². The van der Waals surface area contributed by atoms with Gasteiger partial charge in [-0.3, -0.25) is 4.90 Å². The predicted molar refractivity (Wildman–Crippen MR) is 73.4 cm³/mol. The number of hydrogen-bond acceptors (Lipinski definition) is 4. The van der Waals surface area contributed by atoms with Crippen LogP contribution in [0, 0.1) is 12.8 Å². The summed E-state index contributed by atoms with van der Waals surface area (Å²) in [5.41, 5.74) is 1.23. The van der Waals surface area contributed by atoms with Crippen LogP contribution < -0.4 is 5.32 Å². The first-order valence-electron chi connectivity index (χ1n) is 6.44. The molecule has 0 radical (unpaired) electrons. The normalized spacial score (nSPS) is 26.6. The molecule has 2 unspecified atom stereocenters. The van der Waals surface area contributed by atoms with Crippen LogP contribution in [0.4, 0.5) is 0 Å². The molecule has 2 atom stereocenters. The number of aryl methyl sites for hydroxylation is 1. The minimum atomic E-state index is 0.604. The Hall–Kier alpha value is -0.450. The van der Waals surface area contributed by atoms with E-state index in [4.69, 9.17) is 0 Å². The van der Waals surface area contributed by atoms with Crippen molar-refractivity contribution in [2.75, 3.05) is 13.1 Å². The molecule has 2 rings (SSSR count). The Kier molecular flexibility index (Phi) is 4.17. The zero-order valence-corrected chi connectivity index (χ0v) is 12.0. The molecule has 1 fully saturated rings. The van der Waals surface area contributed by atoms with Crippen molar-refractivity contribution in [3.63, 3.8) is 0 Å². The molecule has 4 heteroatoms. The summed E-state index contributed by atoms with van der Waals surface area (Å²) in [4.78, 5) is 7.12. The quantitative estimate of drug-likeness (QED) is 0.895. The number of thiazole rings is 1. The Morgan fingerprint density at radius 3 is 2.94 bits per heavy atom. The molecule has 0 aliphatic carbocycles. The molecule has 0 aromatic carbocycles. The molecule has 1 saturated heterocycles. The molecule has 0 spiro atoms. The van der Waals surface area contributed by atoms with Gasteiger partial charge in [-0.1, -0.05) is 13.8 Å². The summed E-state index contributed by atoms with van der Waals surface area (Å²) in [5, 5.41) is 6.99. The second-order valence-corrected chi connectivity index (χ2v) is 6.46. The molecule has 17 heavy (non-hydrogen) atoms. The van der Waals surface area contributed by atoms with Gasteiger partial charge in [-0.25, -0.2) is 4.98 Å². The summed E-state index contributed by atoms with van der Waals surface area (Å²) in [6.07, 6.45) is 0. The summed E-state index contributed by atoms with van der Waals surface area (Å²) in [5.74, 6) is 0.696. The van der Waals surface area contributed by atoms with Crippen LogP contribution in [0.1, 0.15) is 31.5 Å². The highest BCUT2D eigenvalue weighted by atomic mass is 32.1. The lowest BCUT2D eigenvalue weighted by molar-refractivity contribution is 0.115. The molecule has 3 nitrogen and oxygen atoms in total. The number of piperazine rings is 1. The molecule has 1 aliphatic heterocycles. The first kappa shape index (κ1) is 13.0. The maximum absolute atomic E-state index is 4.57. The van der Waals surface area contributed by atoms with E-state index in [9.17, 15) is 0 Å². The van der Waals surface area contributed by atoms with Gasteiger partial charge in [0.15, 0.2) is 0 Å². The Balaban J connectivity index is 1.98. The molecule has 1 N–H and O–H groups in total. The van der Waals surface area contributed by atoms with E-state index in [1.54, 1.807) is 11.3 Å². The SMILES string of the molecule is Cc1nc(CN2CC(C(C)C)NCC2C)cs1. The summed E-state index contributed by atoms with van der Waals surface area (Å²) in [6.45, 7) is 12.2. The molecule has 1 aromatic rings. The Morgan fingerprint density at radius 2 is 2.35 bits per heavy atom. The zero-order valence-electron chi connectivity index (χ0n) is 11.2. The Labute approximate surface area is 108 Å². The fourth-order valence-electron chi connectivity index (χ4n) is 2.30. The van der Waals surface area contributed by atoms with Crippen LogP contribution in [0.3, 0.4) is 0 Å². The van der Waals surface area contributed by atoms with E-state index < -0.39 is 0 Å². The van der Waals surface area contributed by atoms with E-state index in [0.717, 1.165) is 19.6 Å². The Bertz CT molecular complexity index is 361. The topological polar surface area (TPSA) is 28.2 Å². The zero-order chi connectivity index (χ0) is 12.4. The third kappa shape index (κ3) is 3.27. The van der Waals surface area contributed by atoms with Crippen molar-refractivity contribution in [1.82, 2.24) is 15.2 Å². The molecular weight excluding hydrogens is 230 g/mol. The molecule has 0 saturated carbocycles. The lowest BCUT2D eigenvalue weighted by atomic mass is 10.00. The minimum absolute atomic E-state index is 0.604. The number of rotatable bonds is 3. The van der Waals surface area contributed by atoms with Gasteiger partial charge in [0.1, 0.15) is 0 Å². The fourth-order valence-corrected chi connectivity index (χ4v) is 2.91. The average molecular weight is 253 g/mol. The molecule has 0 amide bonds. The van der Waals surface area contributed by atoms with Crippen LogP contribution >= 0.6 is 11.3 Å². The standard InChI is InChI=1S/C13H23N3S/c1-9(2)13-7-16(10(3)5-14-13)6-12-8-17-11(4)15-12/h8-10,13-14H,5-7H2,1-4H3. The number of hydrogen-bond donors (Lipinski definition) is 1. The number of nitrogens with zero attached hydrogens (tertiary/aromatic N) is 2. The fraction of sp³-hybridized carbons (Fsp3) is 0.769. The van der Waals surface area contributed by atoms with E-state index in [1.165, 1.54) is 10.7 Å². The molecule has 96 valence electrons. The van der Waals surface area contributed by atoms with E-state index in [1.807, 2.05) is 0 Å². The molecule has 2 heterocycles. The van der Waals surface area contributed by atoms with Crippen molar-refractivity contribution in [2.45, 2.75) is 46.3 Å². The van der Waals surface area contributed by atoms with Gasteiger partial charge in [0.25, 0.3) is 0 Å². The van der Waals surface area contributed by atoms with Gasteiger partial charge in [-0.2, -0.15) is 0 Å². The third-order valence-corrected chi connectivity index (χ3v) is 4.39. The van der Waals surface area contributed by atoms with Crippen molar-refractivity contribution < 1.29 is 0 Å². The maximum Gasteiger partial charge on any atom is 0.0897 e. The first-order chi connectivity index (χ1) is 8.06. The summed E-state index contributed by atoms with van der Waals surface area (Å²) >= 11 is 1.75. The van der Waals surface area contributed by atoms with Crippen molar-refractivity contribution in [3.8, 4) is 0 Å². The lowest BCUT2D eigenvalue weighted by Crippen LogP contribution is -2.56. The van der Waals surface area contributed by atoms with Crippen LogP contribution in [0.25, 0.3) is 0 Å². The highest BCUT2D eigenvalue weighted by molar-refractivity contribution is 7.09. The van der Waals surface area contributed by atoms with Crippen LogP contribution in [-0.4, -0.2) is 35.1 Å². The minimum Gasteiger partial charge on any atom is -0.311 e. The molecule has 1 aromatic heterocycles.